The lowest BCUT2D eigenvalue weighted by molar-refractivity contribution is 0.184. The van der Waals surface area contributed by atoms with Gasteiger partial charge >= 0.3 is 0 Å². The molecule has 1 aromatic heterocycles. The van der Waals surface area contributed by atoms with Gasteiger partial charge in [0.15, 0.2) is 0 Å². The number of benzene rings is 2. The maximum absolute atomic E-state index is 12.5. The van der Waals surface area contributed by atoms with Crippen molar-refractivity contribution in [3.63, 3.8) is 0 Å². The fourth-order valence-electron chi connectivity index (χ4n) is 2.51. The predicted octanol–water partition coefficient (Wildman–Crippen LogP) is 3.88. The molecule has 4 nitrogen and oxygen atoms in total. The lowest BCUT2D eigenvalue weighted by Gasteiger charge is -2.13. The van der Waals surface area contributed by atoms with Gasteiger partial charge in [-0.15, -0.1) is 11.3 Å². The van der Waals surface area contributed by atoms with Crippen LogP contribution in [0, 0.1) is 6.92 Å². The van der Waals surface area contributed by atoms with E-state index in [1.165, 1.54) is 17.4 Å². The minimum Gasteiger partial charge on any atom is -0.387 e. The van der Waals surface area contributed by atoms with Crippen molar-refractivity contribution in [2.45, 2.75) is 17.9 Å². The molecule has 0 amide bonds. The first-order valence-corrected chi connectivity index (χ1v) is 10.0. The molecule has 2 N–H and O–H groups in total. The molecule has 0 spiro atoms. The van der Waals surface area contributed by atoms with Gasteiger partial charge in [0.2, 0.25) is 10.0 Å². The van der Waals surface area contributed by atoms with Crippen LogP contribution in [0.15, 0.2) is 52.7 Å². The van der Waals surface area contributed by atoms with Gasteiger partial charge in [0.25, 0.3) is 0 Å². The summed E-state index contributed by atoms with van der Waals surface area (Å²) in [7, 11) is -3.74. The number of hydrogen-bond donors (Lipinski definition) is 2. The largest absolute Gasteiger partial charge is 0.387 e. The highest BCUT2D eigenvalue weighted by Crippen LogP contribution is 2.30. The standard InChI is InChI=1S/C17H16ClNO3S2/c1-11-14(18)6-4-8-17(11)24(21,22)19-9-15(20)13-10-23-16-7-3-2-5-12(13)16/h2-8,10,15,19-20H,9H2,1H3. The number of sulfonamides is 1. The Bertz CT molecular complexity index is 982. The van der Waals surface area contributed by atoms with E-state index in [1.807, 2.05) is 29.6 Å². The smallest absolute Gasteiger partial charge is 0.240 e. The molecule has 0 fully saturated rings. The maximum atomic E-state index is 12.5. The van der Waals surface area contributed by atoms with Crippen LogP contribution in [0.1, 0.15) is 17.2 Å². The van der Waals surface area contributed by atoms with Crippen molar-refractivity contribution in [2.75, 3.05) is 6.54 Å². The van der Waals surface area contributed by atoms with Crippen molar-refractivity contribution in [3.8, 4) is 0 Å². The first-order chi connectivity index (χ1) is 11.4. The summed E-state index contributed by atoms with van der Waals surface area (Å²) in [5.41, 5.74) is 1.21. The molecule has 0 saturated heterocycles. The zero-order valence-corrected chi connectivity index (χ0v) is 15.3. The third-order valence-electron chi connectivity index (χ3n) is 3.84. The van der Waals surface area contributed by atoms with Gasteiger partial charge in [-0.25, -0.2) is 13.1 Å². The molecular weight excluding hydrogens is 366 g/mol. The van der Waals surface area contributed by atoms with E-state index in [1.54, 1.807) is 19.1 Å². The first kappa shape index (κ1) is 17.4. The van der Waals surface area contributed by atoms with Gasteiger partial charge in [0, 0.05) is 21.8 Å². The second-order valence-electron chi connectivity index (χ2n) is 5.42. The van der Waals surface area contributed by atoms with Crippen molar-refractivity contribution < 1.29 is 13.5 Å². The Balaban J connectivity index is 1.80. The van der Waals surface area contributed by atoms with Gasteiger partial charge in [-0.1, -0.05) is 35.9 Å². The molecule has 0 bridgehead atoms. The summed E-state index contributed by atoms with van der Waals surface area (Å²) in [5.74, 6) is 0. The molecule has 126 valence electrons. The van der Waals surface area contributed by atoms with Gasteiger partial charge in [-0.05, 0) is 41.5 Å². The second kappa shape index (κ2) is 6.82. The van der Waals surface area contributed by atoms with Crippen LogP contribution in [0.3, 0.4) is 0 Å². The Morgan fingerprint density at radius 3 is 2.75 bits per heavy atom. The summed E-state index contributed by atoms with van der Waals surface area (Å²) in [6, 6.07) is 12.4. The van der Waals surface area contributed by atoms with E-state index in [-0.39, 0.29) is 11.4 Å². The van der Waals surface area contributed by atoms with Crippen LogP contribution in [-0.2, 0) is 10.0 Å². The van der Waals surface area contributed by atoms with Crippen LogP contribution in [-0.4, -0.2) is 20.1 Å². The topological polar surface area (TPSA) is 66.4 Å². The Hall–Kier alpha value is -1.44. The molecule has 3 rings (SSSR count). The summed E-state index contributed by atoms with van der Waals surface area (Å²) < 4.78 is 28.4. The summed E-state index contributed by atoms with van der Waals surface area (Å²) in [6.45, 7) is 1.55. The third-order valence-corrected chi connectivity index (χ3v) is 6.80. The molecule has 3 aromatic rings. The number of halogens is 1. The number of fused-ring (bicyclic) bond motifs is 1. The van der Waals surface area contributed by atoms with Crippen molar-refractivity contribution in [3.05, 3.63) is 64.0 Å². The van der Waals surface area contributed by atoms with Gasteiger partial charge in [-0.2, -0.15) is 0 Å². The molecule has 7 heteroatoms. The number of nitrogens with one attached hydrogen (secondary N) is 1. The average molecular weight is 382 g/mol. The first-order valence-electron chi connectivity index (χ1n) is 7.29. The molecule has 1 unspecified atom stereocenters. The second-order valence-corrected chi connectivity index (χ2v) is 8.47. The summed E-state index contributed by atoms with van der Waals surface area (Å²) in [4.78, 5) is 0.123. The van der Waals surface area contributed by atoms with Gasteiger partial charge in [0.05, 0.1) is 11.0 Å². The van der Waals surface area contributed by atoms with E-state index in [0.29, 0.717) is 10.6 Å². The molecular formula is C17H16ClNO3S2. The number of hydrogen-bond acceptors (Lipinski definition) is 4. The summed E-state index contributed by atoms with van der Waals surface area (Å²) >= 11 is 7.51. The predicted molar refractivity (Wildman–Crippen MR) is 98.2 cm³/mol. The molecule has 1 heterocycles. The fraction of sp³-hybridized carbons (Fsp3) is 0.176. The van der Waals surface area contributed by atoms with Gasteiger partial charge in [0.1, 0.15) is 0 Å². The average Bonchev–Trinajstić information content (AvgIpc) is 2.99. The van der Waals surface area contributed by atoms with Gasteiger partial charge in [-0.3, -0.25) is 0 Å². The van der Waals surface area contributed by atoms with Gasteiger partial charge < -0.3 is 5.11 Å². The highest BCUT2D eigenvalue weighted by Gasteiger charge is 2.21. The molecule has 2 aromatic carbocycles. The van der Waals surface area contributed by atoms with E-state index in [0.717, 1.165) is 15.6 Å². The van der Waals surface area contributed by atoms with Crippen molar-refractivity contribution in [1.29, 1.82) is 0 Å². The zero-order chi connectivity index (χ0) is 17.3. The van der Waals surface area contributed by atoms with Crippen LogP contribution in [0.25, 0.3) is 10.1 Å². The Morgan fingerprint density at radius 1 is 1.21 bits per heavy atom. The zero-order valence-electron chi connectivity index (χ0n) is 12.9. The van der Waals surface area contributed by atoms with E-state index >= 15 is 0 Å². The van der Waals surface area contributed by atoms with E-state index < -0.39 is 16.1 Å². The van der Waals surface area contributed by atoms with Crippen molar-refractivity contribution in [2.24, 2.45) is 0 Å². The normalized spacial score (nSPS) is 13.3. The number of rotatable bonds is 5. The van der Waals surface area contributed by atoms with E-state index in [2.05, 4.69) is 4.72 Å². The lowest BCUT2D eigenvalue weighted by Crippen LogP contribution is -2.29. The summed E-state index contributed by atoms with van der Waals surface area (Å²) in [5, 5.41) is 13.6. The number of aliphatic hydroxyl groups is 1. The van der Waals surface area contributed by atoms with E-state index in [9.17, 15) is 13.5 Å². The Morgan fingerprint density at radius 2 is 1.96 bits per heavy atom. The molecule has 0 radical (unpaired) electrons. The van der Waals surface area contributed by atoms with E-state index in [4.69, 9.17) is 11.6 Å². The molecule has 0 saturated carbocycles. The molecule has 0 aliphatic rings. The number of thiophene rings is 1. The number of aliphatic hydroxyl groups excluding tert-OH is 1. The quantitative estimate of drug-likeness (QED) is 0.704. The third kappa shape index (κ3) is 3.34. The summed E-state index contributed by atoms with van der Waals surface area (Å²) in [6.07, 6.45) is -0.921. The van der Waals surface area contributed by atoms with Crippen LogP contribution >= 0.6 is 22.9 Å². The van der Waals surface area contributed by atoms with Crippen LogP contribution < -0.4 is 4.72 Å². The van der Waals surface area contributed by atoms with Crippen LogP contribution in [0.2, 0.25) is 5.02 Å². The van der Waals surface area contributed by atoms with Crippen LogP contribution in [0.4, 0.5) is 0 Å². The Labute approximate surface area is 149 Å². The van der Waals surface area contributed by atoms with Crippen molar-refractivity contribution in [1.82, 2.24) is 4.72 Å². The Kier molecular flexibility index (Phi) is 4.94. The fourth-order valence-corrected chi connectivity index (χ4v) is 5.05. The van der Waals surface area contributed by atoms with Crippen LogP contribution in [0.5, 0.6) is 0 Å². The minimum atomic E-state index is -3.74. The molecule has 0 aliphatic carbocycles. The lowest BCUT2D eigenvalue weighted by atomic mass is 10.1. The SMILES string of the molecule is Cc1c(Cl)cccc1S(=O)(=O)NCC(O)c1csc2ccccc12. The molecule has 0 aliphatic heterocycles. The minimum absolute atomic E-state index is 0.102. The molecule has 1 atom stereocenters. The maximum Gasteiger partial charge on any atom is 0.240 e. The monoisotopic (exact) mass is 381 g/mol. The molecule has 24 heavy (non-hydrogen) atoms. The highest BCUT2D eigenvalue weighted by atomic mass is 35.5. The highest BCUT2D eigenvalue weighted by molar-refractivity contribution is 7.89. The van der Waals surface area contributed by atoms with Crippen molar-refractivity contribution >= 4 is 43.0 Å².